The quantitative estimate of drug-likeness (QED) is 0.225. The van der Waals surface area contributed by atoms with Gasteiger partial charge in [-0.25, -0.2) is 0 Å². The molecule has 22 heavy (non-hydrogen) atoms. The first-order valence-electron chi connectivity index (χ1n) is 10.0. The highest BCUT2D eigenvalue weighted by Crippen LogP contribution is 2.14. The van der Waals surface area contributed by atoms with E-state index < -0.39 is 0 Å². The van der Waals surface area contributed by atoms with Crippen LogP contribution >= 0.6 is 0 Å². The SMILES string of the molecule is CC(C)CCCCCCCCCCCCC/C=C\CCCO. The van der Waals surface area contributed by atoms with Crippen LogP contribution in [0.4, 0.5) is 0 Å². The molecule has 0 aliphatic carbocycles. The Morgan fingerprint density at radius 2 is 1.00 bits per heavy atom. The van der Waals surface area contributed by atoms with Crippen LogP contribution in [0.5, 0.6) is 0 Å². The second-order valence-electron chi connectivity index (χ2n) is 7.20. The summed E-state index contributed by atoms with van der Waals surface area (Å²) in [6.07, 6.45) is 24.8. The fourth-order valence-corrected chi connectivity index (χ4v) is 2.85. The summed E-state index contributed by atoms with van der Waals surface area (Å²) in [7, 11) is 0. The molecule has 0 aliphatic heterocycles. The van der Waals surface area contributed by atoms with Crippen LogP contribution < -0.4 is 0 Å². The van der Waals surface area contributed by atoms with Gasteiger partial charge in [-0.2, -0.15) is 0 Å². The molecule has 0 saturated carbocycles. The number of aliphatic hydroxyl groups excluding tert-OH is 1. The Hall–Kier alpha value is -0.300. The number of unbranched alkanes of at least 4 members (excludes halogenated alkanes) is 12. The Morgan fingerprint density at radius 1 is 0.591 bits per heavy atom. The minimum atomic E-state index is 0.322. The number of hydrogen-bond acceptors (Lipinski definition) is 1. The fraction of sp³-hybridized carbons (Fsp3) is 0.905. The van der Waals surface area contributed by atoms with Crippen molar-refractivity contribution in [2.45, 2.75) is 110 Å². The van der Waals surface area contributed by atoms with Gasteiger partial charge in [-0.15, -0.1) is 0 Å². The Kier molecular flexibility index (Phi) is 18.5. The van der Waals surface area contributed by atoms with Crippen molar-refractivity contribution in [3.8, 4) is 0 Å². The Balaban J connectivity index is 3.01. The largest absolute Gasteiger partial charge is 0.396 e. The highest BCUT2D eigenvalue weighted by atomic mass is 16.2. The molecule has 0 bridgehead atoms. The molecule has 0 aliphatic rings. The standard InChI is InChI=1S/C21H42O/c1-21(2)19-17-15-13-11-9-7-5-3-4-6-8-10-12-14-16-18-20-22/h12,14,21-22H,3-11,13,15-20H2,1-2H3/b14-12-. The van der Waals surface area contributed by atoms with Gasteiger partial charge in [-0.3, -0.25) is 0 Å². The molecule has 0 atom stereocenters. The molecule has 1 heteroatoms. The normalized spacial score (nSPS) is 11.8. The lowest BCUT2D eigenvalue weighted by Crippen LogP contribution is -1.87. The van der Waals surface area contributed by atoms with Gasteiger partial charge in [0.2, 0.25) is 0 Å². The summed E-state index contributed by atoms with van der Waals surface area (Å²) in [5.41, 5.74) is 0. The van der Waals surface area contributed by atoms with Gasteiger partial charge in [0.25, 0.3) is 0 Å². The van der Waals surface area contributed by atoms with Crippen molar-refractivity contribution in [2.24, 2.45) is 5.92 Å². The highest BCUT2D eigenvalue weighted by molar-refractivity contribution is 4.81. The number of rotatable bonds is 17. The van der Waals surface area contributed by atoms with E-state index in [4.69, 9.17) is 5.11 Å². The molecule has 1 N–H and O–H groups in total. The minimum absolute atomic E-state index is 0.322. The van der Waals surface area contributed by atoms with Crippen LogP contribution in [0.1, 0.15) is 110 Å². The second-order valence-corrected chi connectivity index (χ2v) is 7.20. The number of hydrogen-bond donors (Lipinski definition) is 1. The molecule has 0 heterocycles. The zero-order valence-electron chi connectivity index (χ0n) is 15.5. The van der Waals surface area contributed by atoms with Crippen molar-refractivity contribution in [3.63, 3.8) is 0 Å². The maximum absolute atomic E-state index is 8.67. The van der Waals surface area contributed by atoms with E-state index in [0.29, 0.717) is 6.61 Å². The van der Waals surface area contributed by atoms with E-state index in [1.54, 1.807) is 0 Å². The third kappa shape index (κ3) is 19.7. The van der Waals surface area contributed by atoms with Crippen LogP contribution in [0.25, 0.3) is 0 Å². The van der Waals surface area contributed by atoms with Gasteiger partial charge in [0.05, 0.1) is 0 Å². The molecule has 0 radical (unpaired) electrons. The van der Waals surface area contributed by atoms with Crippen molar-refractivity contribution >= 4 is 0 Å². The number of aliphatic hydroxyl groups is 1. The van der Waals surface area contributed by atoms with Crippen LogP contribution in [-0.2, 0) is 0 Å². The maximum Gasteiger partial charge on any atom is 0.0433 e. The molecule has 0 unspecified atom stereocenters. The second kappa shape index (κ2) is 18.7. The van der Waals surface area contributed by atoms with Gasteiger partial charge in [-0.05, 0) is 31.6 Å². The summed E-state index contributed by atoms with van der Waals surface area (Å²) < 4.78 is 0. The predicted molar refractivity (Wildman–Crippen MR) is 100 cm³/mol. The van der Waals surface area contributed by atoms with Gasteiger partial charge in [0.15, 0.2) is 0 Å². The van der Waals surface area contributed by atoms with E-state index in [1.165, 1.54) is 83.5 Å². The summed E-state index contributed by atoms with van der Waals surface area (Å²) in [5, 5.41) is 8.67. The molecule has 1 nitrogen and oxygen atoms in total. The third-order valence-electron chi connectivity index (χ3n) is 4.35. The molecule has 0 rings (SSSR count). The molecular formula is C21H42O. The zero-order chi connectivity index (χ0) is 16.3. The first-order chi connectivity index (χ1) is 10.8. The zero-order valence-corrected chi connectivity index (χ0v) is 15.5. The van der Waals surface area contributed by atoms with E-state index >= 15 is 0 Å². The van der Waals surface area contributed by atoms with Crippen LogP contribution in [-0.4, -0.2) is 11.7 Å². The van der Waals surface area contributed by atoms with E-state index in [-0.39, 0.29) is 0 Å². The van der Waals surface area contributed by atoms with Crippen molar-refractivity contribution < 1.29 is 5.11 Å². The predicted octanol–water partition coefficient (Wildman–Crippen LogP) is 7.04. The molecular weight excluding hydrogens is 268 g/mol. The van der Waals surface area contributed by atoms with E-state index in [1.807, 2.05) is 0 Å². The van der Waals surface area contributed by atoms with Crippen molar-refractivity contribution in [3.05, 3.63) is 12.2 Å². The van der Waals surface area contributed by atoms with Crippen molar-refractivity contribution in [2.75, 3.05) is 6.61 Å². The first-order valence-corrected chi connectivity index (χ1v) is 10.0. The summed E-state index contributed by atoms with van der Waals surface area (Å²) in [5.74, 6) is 0.885. The van der Waals surface area contributed by atoms with Gasteiger partial charge in [0, 0.05) is 6.61 Å². The minimum Gasteiger partial charge on any atom is -0.396 e. The lowest BCUT2D eigenvalue weighted by atomic mass is 10.0. The number of allylic oxidation sites excluding steroid dienone is 2. The van der Waals surface area contributed by atoms with Crippen molar-refractivity contribution in [1.82, 2.24) is 0 Å². The van der Waals surface area contributed by atoms with Crippen LogP contribution in [0.3, 0.4) is 0 Å². The van der Waals surface area contributed by atoms with Crippen LogP contribution in [0.15, 0.2) is 12.2 Å². The van der Waals surface area contributed by atoms with Crippen LogP contribution in [0.2, 0.25) is 0 Å². The van der Waals surface area contributed by atoms with E-state index in [2.05, 4.69) is 26.0 Å². The Bertz CT molecular complexity index is 220. The highest BCUT2D eigenvalue weighted by Gasteiger charge is 1.95. The van der Waals surface area contributed by atoms with Gasteiger partial charge in [0.1, 0.15) is 0 Å². The van der Waals surface area contributed by atoms with Gasteiger partial charge in [-0.1, -0.05) is 96.6 Å². The maximum atomic E-state index is 8.67. The lowest BCUT2D eigenvalue weighted by Gasteiger charge is -2.04. The molecule has 0 aromatic heterocycles. The van der Waals surface area contributed by atoms with E-state index in [0.717, 1.165) is 18.8 Å². The lowest BCUT2D eigenvalue weighted by molar-refractivity contribution is 0.289. The molecule has 0 amide bonds. The first kappa shape index (κ1) is 21.7. The molecule has 0 aromatic carbocycles. The molecule has 0 saturated heterocycles. The third-order valence-corrected chi connectivity index (χ3v) is 4.35. The molecule has 0 fully saturated rings. The van der Waals surface area contributed by atoms with Gasteiger partial charge >= 0.3 is 0 Å². The summed E-state index contributed by atoms with van der Waals surface area (Å²) in [4.78, 5) is 0. The topological polar surface area (TPSA) is 20.2 Å². The van der Waals surface area contributed by atoms with Crippen LogP contribution in [0, 0.1) is 5.92 Å². The fourth-order valence-electron chi connectivity index (χ4n) is 2.85. The monoisotopic (exact) mass is 310 g/mol. The summed E-state index contributed by atoms with van der Waals surface area (Å²) in [6, 6.07) is 0. The summed E-state index contributed by atoms with van der Waals surface area (Å²) >= 11 is 0. The smallest absolute Gasteiger partial charge is 0.0433 e. The average Bonchev–Trinajstić information content (AvgIpc) is 2.50. The van der Waals surface area contributed by atoms with Gasteiger partial charge < -0.3 is 5.11 Å². The Morgan fingerprint density at radius 3 is 1.45 bits per heavy atom. The Labute approximate surface area is 140 Å². The summed E-state index contributed by atoms with van der Waals surface area (Å²) in [6.45, 7) is 4.98. The molecule has 0 aromatic rings. The molecule has 0 spiro atoms. The van der Waals surface area contributed by atoms with Crippen molar-refractivity contribution in [1.29, 1.82) is 0 Å². The molecule has 132 valence electrons. The van der Waals surface area contributed by atoms with E-state index in [9.17, 15) is 0 Å². The average molecular weight is 311 g/mol.